The number of amides is 2. The zero-order chi connectivity index (χ0) is 19.6. The summed E-state index contributed by atoms with van der Waals surface area (Å²) in [6, 6.07) is 11.7. The smallest absolute Gasteiger partial charge is 0.269 e. The number of hydrogen-bond acceptors (Lipinski definition) is 5. The number of nitrogens with one attached hydrogen (secondary N) is 1. The van der Waals surface area contributed by atoms with Gasteiger partial charge in [0.15, 0.2) is 0 Å². The molecule has 0 saturated heterocycles. The Balaban J connectivity index is 1.54. The van der Waals surface area contributed by atoms with E-state index in [-0.39, 0.29) is 23.6 Å². The molecule has 0 aliphatic carbocycles. The van der Waals surface area contributed by atoms with E-state index in [1.165, 1.54) is 18.2 Å². The van der Waals surface area contributed by atoms with Gasteiger partial charge in [-0.05, 0) is 37.6 Å². The number of carbonyl (C=O) groups is 2. The van der Waals surface area contributed by atoms with Gasteiger partial charge in [0, 0.05) is 0 Å². The summed E-state index contributed by atoms with van der Waals surface area (Å²) in [6.45, 7) is 3.79. The summed E-state index contributed by atoms with van der Waals surface area (Å²) >= 11 is 0. The topological polar surface area (TPSA) is 92.8 Å². The Labute approximate surface area is 158 Å². The first-order valence-electron chi connectivity index (χ1n) is 8.43. The van der Waals surface area contributed by atoms with Gasteiger partial charge in [-0.25, -0.2) is 12.7 Å². The lowest BCUT2D eigenvalue weighted by Crippen LogP contribution is -2.41. The second kappa shape index (κ2) is 7.40. The highest BCUT2D eigenvalue weighted by Gasteiger charge is 2.41. The maximum atomic E-state index is 12.4. The molecule has 1 N–H and O–H groups in total. The average Bonchev–Trinajstić information content (AvgIpc) is 2.81. The van der Waals surface area contributed by atoms with Crippen molar-refractivity contribution in [2.24, 2.45) is 0 Å². The summed E-state index contributed by atoms with van der Waals surface area (Å²) < 4.78 is 31.0. The number of rotatable bonds is 6. The molecule has 0 radical (unpaired) electrons. The summed E-state index contributed by atoms with van der Waals surface area (Å²) in [4.78, 5) is 24.3. The number of ether oxygens (including phenoxy) is 1. The van der Waals surface area contributed by atoms with Crippen LogP contribution in [0.5, 0.6) is 5.75 Å². The molecular formula is C19H20N2O5S. The summed E-state index contributed by atoms with van der Waals surface area (Å²) in [6.07, 6.45) is 0. The van der Waals surface area contributed by atoms with Gasteiger partial charge in [0.25, 0.3) is 15.9 Å². The van der Waals surface area contributed by atoms with E-state index in [4.69, 9.17) is 4.74 Å². The molecule has 7 nitrogen and oxygen atoms in total. The van der Waals surface area contributed by atoms with Crippen LogP contribution in [0.4, 0.5) is 0 Å². The fourth-order valence-corrected chi connectivity index (χ4v) is 4.41. The van der Waals surface area contributed by atoms with Crippen molar-refractivity contribution in [1.82, 2.24) is 9.62 Å². The summed E-state index contributed by atoms with van der Waals surface area (Å²) in [5, 5.41) is 2.57. The molecule has 2 aromatic rings. The van der Waals surface area contributed by atoms with Crippen LogP contribution in [-0.4, -0.2) is 44.2 Å². The second-order valence-corrected chi connectivity index (χ2v) is 8.11. The third-order valence-corrected chi connectivity index (χ3v) is 6.00. The fraction of sp³-hybridized carbons (Fsp3) is 0.263. The Morgan fingerprint density at radius 3 is 2.59 bits per heavy atom. The molecule has 2 aromatic carbocycles. The Kier molecular flexibility index (Phi) is 5.18. The van der Waals surface area contributed by atoms with E-state index in [2.05, 4.69) is 5.32 Å². The fourth-order valence-electron chi connectivity index (χ4n) is 2.89. The molecule has 0 spiro atoms. The van der Waals surface area contributed by atoms with Crippen LogP contribution in [0.15, 0.2) is 47.4 Å². The molecule has 3 rings (SSSR count). The van der Waals surface area contributed by atoms with Gasteiger partial charge < -0.3 is 10.1 Å². The average molecular weight is 388 g/mol. The second-order valence-electron chi connectivity index (χ2n) is 6.28. The van der Waals surface area contributed by atoms with Crippen LogP contribution in [0.3, 0.4) is 0 Å². The van der Waals surface area contributed by atoms with E-state index in [9.17, 15) is 18.0 Å². The van der Waals surface area contributed by atoms with E-state index >= 15 is 0 Å². The zero-order valence-corrected chi connectivity index (χ0v) is 15.9. The largest absolute Gasteiger partial charge is 0.491 e. The Hall–Kier alpha value is -2.87. The number of carbonyl (C=O) groups excluding carboxylic acids is 2. The van der Waals surface area contributed by atoms with Gasteiger partial charge in [0.2, 0.25) is 5.91 Å². The minimum absolute atomic E-state index is 0.0685. The minimum Gasteiger partial charge on any atom is -0.491 e. The van der Waals surface area contributed by atoms with Crippen LogP contribution in [-0.2, 0) is 14.8 Å². The minimum atomic E-state index is -3.98. The molecule has 142 valence electrons. The number of hydrogen-bond donors (Lipinski definition) is 1. The predicted molar refractivity (Wildman–Crippen MR) is 99.1 cm³/mol. The third-order valence-electron chi connectivity index (χ3n) is 4.21. The van der Waals surface area contributed by atoms with Gasteiger partial charge in [-0.1, -0.05) is 29.8 Å². The van der Waals surface area contributed by atoms with Crippen molar-refractivity contribution < 1.29 is 22.7 Å². The molecule has 0 fully saturated rings. The van der Waals surface area contributed by atoms with Gasteiger partial charge in [0.05, 0.1) is 12.1 Å². The molecule has 0 atom stereocenters. The number of fused-ring (bicyclic) bond motifs is 1. The predicted octanol–water partition coefficient (Wildman–Crippen LogP) is 1.64. The lowest BCUT2D eigenvalue weighted by Gasteiger charge is -2.15. The lowest BCUT2D eigenvalue weighted by molar-refractivity contribution is -0.121. The Morgan fingerprint density at radius 1 is 1.15 bits per heavy atom. The molecule has 1 aliphatic rings. The maximum absolute atomic E-state index is 12.4. The maximum Gasteiger partial charge on any atom is 0.269 e. The number of benzene rings is 2. The molecule has 0 bridgehead atoms. The van der Waals surface area contributed by atoms with Crippen LogP contribution in [0, 0.1) is 13.8 Å². The van der Waals surface area contributed by atoms with Crippen molar-refractivity contribution in [3.63, 3.8) is 0 Å². The monoisotopic (exact) mass is 388 g/mol. The Bertz CT molecular complexity index is 1000. The highest BCUT2D eigenvalue weighted by atomic mass is 32.2. The highest BCUT2D eigenvalue weighted by Crippen LogP contribution is 2.29. The van der Waals surface area contributed by atoms with Crippen LogP contribution in [0.1, 0.15) is 21.5 Å². The van der Waals surface area contributed by atoms with E-state index in [0.717, 1.165) is 16.9 Å². The summed E-state index contributed by atoms with van der Waals surface area (Å²) in [7, 11) is -3.98. The molecule has 8 heteroatoms. The van der Waals surface area contributed by atoms with Crippen molar-refractivity contribution in [2.45, 2.75) is 18.7 Å². The first-order valence-corrected chi connectivity index (χ1v) is 9.87. The first-order chi connectivity index (χ1) is 12.8. The number of nitrogens with zero attached hydrogens (tertiary/aromatic N) is 1. The Morgan fingerprint density at radius 2 is 1.89 bits per heavy atom. The molecular weight excluding hydrogens is 368 g/mol. The van der Waals surface area contributed by atoms with E-state index in [1.807, 2.05) is 32.0 Å². The quantitative estimate of drug-likeness (QED) is 0.760. The normalized spacial score (nSPS) is 14.7. The molecule has 0 unspecified atom stereocenters. The molecule has 2 amide bonds. The van der Waals surface area contributed by atoms with Crippen molar-refractivity contribution in [2.75, 3.05) is 19.7 Å². The molecule has 0 saturated carbocycles. The van der Waals surface area contributed by atoms with Crippen molar-refractivity contribution in [1.29, 1.82) is 0 Å². The number of aryl methyl sites for hydroxylation is 2. The molecule has 1 heterocycles. The van der Waals surface area contributed by atoms with E-state index in [1.54, 1.807) is 6.07 Å². The van der Waals surface area contributed by atoms with Gasteiger partial charge in [-0.3, -0.25) is 9.59 Å². The zero-order valence-electron chi connectivity index (χ0n) is 15.1. The SMILES string of the molecule is Cc1ccc(OCCNC(=O)CN2C(=O)c3ccccc3S2(=O)=O)c(C)c1. The van der Waals surface area contributed by atoms with Crippen LogP contribution < -0.4 is 10.1 Å². The van der Waals surface area contributed by atoms with Crippen molar-refractivity contribution in [3.8, 4) is 5.75 Å². The lowest BCUT2D eigenvalue weighted by atomic mass is 10.1. The van der Waals surface area contributed by atoms with Gasteiger partial charge >= 0.3 is 0 Å². The van der Waals surface area contributed by atoms with Crippen LogP contribution in [0.25, 0.3) is 0 Å². The number of sulfonamides is 1. The van der Waals surface area contributed by atoms with Gasteiger partial charge in [-0.15, -0.1) is 0 Å². The van der Waals surface area contributed by atoms with E-state index in [0.29, 0.717) is 4.31 Å². The molecule has 0 aromatic heterocycles. The standard InChI is InChI=1S/C19H20N2O5S/c1-13-7-8-16(14(2)11-13)26-10-9-20-18(22)12-21-19(23)15-5-3-4-6-17(15)27(21,24)25/h3-8,11H,9-10,12H2,1-2H3,(H,20,22). The molecule has 27 heavy (non-hydrogen) atoms. The summed E-state index contributed by atoms with van der Waals surface area (Å²) in [5.41, 5.74) is 2.21. The first kappa shape index (κ1) is 18.9. The molecule has 1 aliphatic heterocycles. The van der Waals surface area contributed by atoms with Crippen molar-refractivity contribution in [3.05, 3.63) is 59.2 Å². The van der Waals surface area contributed by atoms with Crippen LogP contribution >= 0.6 is 0 Å². The summed E-state index contributed by atoms with van der Waals surface area (Å²) in [5.74, 6) is -0.529. The van der Waals surface area contributed by atoms with Gasteiger partial charge in [-0.2, -0.15) is 0 Å². The van der Waals surface area contributed by atoms with Gasteiger partial charge in [0.1, 0.15) is 23.8 Å². The highest BCUT2D eigenvalue weighted by molar-refractivity contribution is 7.90. The van der Waals surface area contributed by atoms with E-state index < -0.39 is 28.4 Å². The third kappa shape index (κ3) is 3.80. The van der Waals surface area contributed by atoms with Crippen LogP contribution in [0.2, 0.25) is 0 Å². The van der Waals surface area contributed by atoms with Crippen molar-refractivity contribution >= 4 is 21.8 Å².